The molecule has 2 aliphatic rings. The van der Waals surface area contributed by atoms with E-state index in [-0.39, 0.29) is 11.0 Å². The van der Waals surface area contributed by atoms with Crippen LogP contribution in [0.25, 0.3) is 0 Å². The Morgan fingerprint density at radius 2 is 1.91 bits per heavy atom. The minimum absolute atomic E-state index is 0.149. The molecule has 0 radical (unpaired) electrons. The molecule has 23 heavy (non-hydrogen) atoms. The first kappa shape index (κ1) is 16.7. The maximum absolute atomic E-state index is 12.2. The lowest BCUT2D eigenvalue weighted by Crippen LogP contribution is -2.37. The third-order valence-electron chi connectivity index (χ3n) is 4.26. The zero-order valence-corrected chi connectivity index (χ0v) is 14.8. The van der Waals surface area contributed by atoms with Crippen LogP contribution in [-0.4, -0.2) is 38.7 Å². The molecule has 0 atom stereocenters. The number of benzene rings is 1. The third-order valence-corrected chi connectivity index (χ3v) is 8.15. The SMILES string of the molecule is CCCS(=O)(=O)N1CCc2ccc(NS(=O)(=O)C3CC3)cc2C1. The fourth-order valence-corrected chi connectivity index (χ4v) is 5.70. The Balaban J connectivity index is 1.80. The van der Waals surface area contributed by atoms with Gasteiger partial charge >= 0.3 is 0 Å². The van der Waals surface area contributed by atoms with Gasteiger partial charge in [-0.1, -0.05) is 13.0 Å². The summed E-state index contributed by atoms with van der Waals surface area (Å²) >= 11 is 0. The Bertz CT molecular complexity index is 799. The van der Waals surface area contributed by atoms with Gasteiger partial charge in [0.25, 0.3) is 0 Å². The third kappa shape index (κ3) is 3.70. The average molecular weight is 358 g/mol. The molecule has 0 bridgehead atoms. The molecule has 1 saturated carbocycles. The lowest BCUT2D eigenvalue weighted by atomic mass is 10.0. The molecule has 0 unspecified atom stereocenters. The Labute approximate surface area is 138 Å². The van der Waals surface area contributed by atoms with Crippen LogP contribution in [0.1, 0.15) is 37.3 Å². The second-order valence-corrected chi connectivity index (χ2v) is 10.3. The van der Waals surface area contributed by atoms with E-state index in [4.69, 9.17) is 0 Å². The first-order valence-corrected chi connectivity index (χ1v) is 11.1. The monoisotopic (exact) mass is 358 g/mol. The Hall–Kier alpha value is -1.12. The number of anilines is 1. The fourth-order valence-electron chi connectivity index (χ4n) is 2.85. The van der Waals surface area contributed by atoms with Crippen molar-refractivity contribution in [2.45, 2.75) is 44.4 Å². The van der Waals surface area contributed by atoms with Crippen molar-refractivity contribution in [3.63, 3.8) is 0 Å². The van der Waals surface area contributed by atoms with E-state index in [9.17, 15) is 16.8 Å². The molecular formula is C15H22N2O4S2. The highest BCUT2D eigenvalue weighted by Gasteiger charge is 2.36. The lowest BCUT2D eigenvalue weighted by Gasteiger charge is -2.28. The smallest absolute Gasteiger partial charge is 0.235 e. The lowest BCUT2D eigenvalue weighted by molar-refractivity contribution is 0.391. The van der Waals surface area contributed by atoms with Gasteiger partial charge in [-0.25, -0.2) is 16.8 Å². The summed E-state index contributed by atoms with van der Waals surface area (Å²) in [6.07, 6.45) is 2.67. The highest BCUT2D eigenvalue weighted by molar-refractivity contribution is 7.93. The second kappa shape index (κ2) is 6.07. The number of sulfonamides is 2. The molecule has 0 amide bonds. The van der Waals surface area contributed by atoms with Gasteiger partial charge in [0.2, 0.25) is 20.0 Å². The van der Waals surface area contributed by atoms with Gasteiger partial charge in [-0.05, 0) is 48.9 Å². The molecular weight excluding hydrogens is 336 g/mol. The molecule has 128 valence electrons. The van der Waals surface area contributed by atoms with E-state index in [2.05, 4.69) is 4.72 Å². The van der Waals surface area contributed by atoms with Gasteiger partial charge in [0.1, 0.15) is 0 Å². The molecule has 6 nitrogen and oxygen atoms in total. The normalized spacial score (nSPS) is 19.3. The van der Waals surface area contributed by atoms with Gasteiger partial charge in [-0.3, -0.25) is 4.72 Å². The first-order chi connectivity index (χ1) is 10.8. The van der Waals surface area contributed by atoms with Gasteiger partial charge in [0.05, 0.1) is 11.0 Å². The summed E-state index contributed by atoms with van der Waals surface area (Å²) in [6, 6.07) is 5.42. The summed E-state index contributed by atoms with van der Waals surface area (Å²) in [5, 5.41) is -0.278. The van der Waals surface area contributed by atoms with E-state index in [0.29, 0.717) is 44.5 Å². The maximum atomic E-state index is 12.2. The zero-order chi connectivity index (χ0) is 16.7. The van der Waals surface area contributed by atoms with E-state index in [1.165, 1.54) is 4.31 Å². The predicted molar refractivity (Wildman–Crippen MR) is 90.2 cm³/mol. The van der Waals surface area contributed by atoms with Crippen LogP contribution in [0.2, 0.25) is 0 Å². The second-order valence-electron chi connectivity index (χ2n) is 6.23. The van der Waals surface area contributed by atoms with Gasteiger partial charge in [0, 0.05) is 18.8 Å². The average Bonchev–Trinajstić information content (AvgIpc) is 3.31. The number of hydrogen-bond acceptors (Lipinski definition) is 4. The minimum Gasteiger partial charge on any atom is -0.283 e. The Morgan fingerprint density at radius 3 is 2.57 bits per heavy atom. The topological polar surface area (TPSA) is 83.6 Å². The number of nitrogens with zero attached hydrogens (tertiary/aromatic N) is 1. The van der Waals surface area contributed by atoms with Crippen LogP contribution in [0, 0.1) is 0 Å². The van der Waals surface area contributed by atoms with Gasteiger partial charge in [-0.15, -0.1) is 0 Å². The summed E-state index contributed by atoms with van der Waals surface area (Å²) in [6.45, 7) is 2.65. The molecule has 1 aliphatic heterocycles. The minimum atomic E-state index is -3.30. The van der Waals surface area contributed by atoms with Crippen LogP contribution in [0.15, 0.2) is 18.2 Å². The molecule has 3 rings (SSSR count). The van der Waals surface area contributed by atoms with Crippen LogP contribution in [0.5, 0.6) is 0 Å². The van der Waals surface area contributed by atoms with Crippen molar-refractivity contribution in [2.75, 3.05) is 17.0 Å². The fraction of sp³-hybridized carbons (Fsp3) is 0.600. The van der Waals surface area contributed by atoms with E-state index in [0.717, 1.165) is 11.1 Å². The number of fused-ring (bicyclic) bond motifs is 1. The van der Waals surface area contributed by atoms with Crippen LogP contribution >= 0.6 is 0 Å². The molecule has 0 saturated heterocycles. The molecule has 1 aromatic rings. The highest BCUT2D eigenvalue weighted by atomic mass is 32.2. The molecule has 1 aliphatic carbocycles. The quantitative estimate of drug-likeness (QED) is 0.839. The summed E-state index contributed by atoms with van der Waals surface area (Å²) in [5.74, 6) is 0.149. The van der Waals surface area contributed by atoms with Crippen molar-refractivity contribution in [1.29, 1.82) is 0 Å². The predicted octanol–water partition coefficient (Wildman–Crippen LogP) is 1.69. The largest absolute Gasteiger partial charge is 0.283 e. The first-order valence-electron chi connectivity index (χ1n) is 7.93. The molecule has 1 fully saturated rings. The maximum Gasteiger partial charge on any atom is 0.235 e. The molecule has 1 aromatic carbocycles. The summed E-state index contributed by atoms with van der Waals surface area (Å²) < 4.78 is 52.6. The van der Waals surface area contributed by atoms with Crippen LogP contribution < -0.4 is 4.72 Å². The summed E-state index contributed by atoms with van der Waals surface area (Å²) in [5.41, 5.74) is 2.49. The van der Waals surface area contributed by atoms with Crippen LogP contribution in [0.3, 0.4) is 0 Å². The number of rotatable bonds is 6. The molecule has 8 heteroatoms. The van der Waals surface area contributed by atoms with Gasteiger partial charge < -0.3 is 0 Å². The summed E-state index contributed by atoms with van der Waals surface area (Å²) in [4.78, 5) is 0. The Morgan fingerprint density at radius 1 is 1.17 bits per heavy atom. The van der Waals surface area contributed by atoms with Crippen molar-refractivity contribution < 1.29 is 16.8 Å². The highest BCUT2D eigenvalue weighted by Crippen LogP contribution is 2.31. The van der Waals surface area contributed by atoms with E-state index in [1.807, 2.05) is 13.0 Å². The van der Waals surface area contributed by atoms with Crippen molar-refractivity contribution in [3.05, 3.63) is 29.3 Å². The van der Waals surface area contributed by atoms with Crippen molar-refractivity contribution in [2.24, 2.45) is 0 Å². The molecule has 1 heterocycles. The van der Waals surface area contributed by atoms with E-state index in [1.54, 1.807) is 12.1 Å². The number of nitrogens with one attached hydrogen (secondary N) is 1. The summed E-state index contributed by atoms with van der Waals surface area (Å²) in [7, 11) is -6.53. The van der Waals surface area contributed by atoms with Crippen molar-refractivity contribution in [1.82, 2.24) is 4.31 Å². The zero-order valence-electron chi connectivity index (χ0n) is 13.2. The molecule has 0 spiro atoms. The van der Waals surface area contributed by atoms with Gasteiger partial charge in [0.15, 0.2) is 0 Å². The molecule has 1 N–H and O–H groups in total. The standard InChI is InChI=1S/C15H22N2O4S2/c1-2-9-22(18,19)17-8-7-12-3-4-14(10-13(12)11-17)16-23(20,21)15-5-6-15/h3-4,10,15-16H,2,5-9,11H2,1H3. The van der Waals surface area contributed by atoms with E-state index >= 15 is 0 Å². The Kier molecular flexibility index (Phi) is 4.41. The molecule has 0 aromatic heterocycles. The van der Waals surface area contributed by atoms with Crippen molar-refractivity contribution >= 4 is 25.7 Å². The van der Waals surface area contributed by atoms with E-state index < -0.39 is 20.0 Å². The number of hydrogen-bond donors (Lipinski definition) is 1. The van der Waals surface area contributed by atoms with Crippen LogP contribution in [0.4, 0.5) is 5.69 Å². The van der Waals surface area contributed by atoms with Gasteiger partial charge in [-0.2, -0.15) is 4.31 Å². The van der Waals surface area contributed by atoms with Crippen molar-refractivity contribution in [3.8, 4) is 0 Å². The van der Waals surface area contributed by atoms with Crippen LogP contribution in [-0.2, 0) is 33.0 Å².